The number of nitrogens with one attached hydrogen (secondary N) is 1. The van der Waals surface area contributed by atoms with Crippen molar-refractivity contribution >= 4 is 17.2 Å². The third kappa shape index (κ3) is 3.52. The second kappa shape index (κ2) is 8.57. The second-order valence-electron chi connectivity index (χ2n) is 10.5. The Hall–Kier alpha value is -4.42. The van der Waals surface area contributed by atoms with Gasteiger partial charge in [0, 0.05) is 48.2 Å². The van der Waals surface area contributed by atoms with E-state index in [0.717, 1.165) is 69.6 Å². The van der Waals surface area contributed by atoms with Crippen molar-refractivity contribution in [2.24, 2.45) is 5.73 Å². The predicted octanol–water partition coefficient (Wildman–Crippen LogP) is 6.73. The van der Waals surface area contributed by atoms with E-state index in [1.165, 1.54) is 12.0 Å². The second-order valence-corrected chi connectivity index (χ2v) is 10.5. The first-order chi connectivity index (χ1) is 18.5. The van der Waals surface area contributed by atoms with Crippen LogP contribution < -0.4 is 16.0 Å². The van der Waals surface area contributed by atoms with Gasteiger partial charge in [-0.1, -0.05) is 48.5 Å². The molecule has 1 fully saturated rings. The summed E-state index contributed by atoms with van der Waals surface area (Å²) in [6, 6.07) is 29.8. The van der Waals surface area contributed by atoms with Gasteiger partial charge in [-0.3, -0.25) is 4.57 Å². The van der Waals surface area contributed by atoms with Gasteiger partial charge in [-0.2, -0.15) is 0 Å². The van der Waals surface area contributed by atoms with E-state index >= 15 is 0 Å². The first-order valence-electron chi connectivity index (χ1n) is 13.1. The van der Waals surface area contributed by atoms with Crippen molar-refractivity contribution in [2.75, 3.05) is 24.3 Å². The average Bonchev–Trinajstić information content (AvgIpc) is 3.26. The summed E-state index contributed by atoms with van der Waals surface area (Å²) in [6.07, 6.45) is 5.10. The van der Waals surface area contributed by atoms with Gasteiger partial charge in [0.2, 0.25) is 0 Å². The van der Waals surface area contributed by atoms with Crippen LogP contribution in [-0.2, 0) is 5.54 Å². The van der Waals surface area contributed by atoms with Gasteiger partial charge in [-0.15, -0.1) is 0 Å². The zero-order valence-corrected chi connectivity index (χ0v) is 21.6. The van der Waals surface area contributed by atoms with Gasteiger partial charge < -0.3 is 16.0 Å². The number of nitrogens with zero attached hydrogens (tertiary/aromatic N) is 4. The molecule has 1 aliphatic carbocycles. The molecule has 0 unspecified atom stereocenters. The van der Waals surface area contributed by atoms with Gasteiger partial charge in [0.25, 0.3) is 0 Å². The predicted molar refractivity (Wildman–Crippen MR) is 155 cm³/mol. The number of nitrogens with two attached hydrogens (primary N) is 1. The third-order valence-electron chi connectivity index (χ3n) is 7.96. The Kier molecular flexibility index (Phi) is 5.13. The summed E-state index contributed by atoms with van der Waals surface area (Å²) in [5.41, 5.74) is 16.0. The van der Waals surface area contributed by atoms with Gasteiger partial charge in [0.1, 0.15) is 5.82 Å². The van der Waals surface area contributed by atoms with Crippen LogP contribution in [0.5, 0.6) is 0 Å². The van der Waals surface area contributed by atoms with Crippen LogP contribution in [0.25, 0.3) is 39.6 Å². The van der Waals surface area contributed by atoms with Gasteiger partial charge in [-0.25, -0.2) is 9.97 Å². The van der Waals surface area contributed by atoms with Crippen LogP contribution in [-0.4, -0.2) is 28.6 Å². The molecule has 0 amide bonds. The quantitative estimate of drug-likeness (QED) is 0.282. The van der Waals surface area contributed by atoms with Gasteiger partial charge in [-0.05, 0) is 61.2 Å². The molecule has 0 spiro atoms. The summed E-state index contributed by atoms with van der Waals surface area (Å²) in [5.74, 6) is 1.69. The Balaban J connectivity index is 1.51. The fraction of sp³-hybridized carbons (Fsp3) is 0.188. The summed E-state index contributed by atoms with van der Waals surface area (Å²) in [4.78, 5) is 12.1. The number of aromatic nitrogens is 3. The molecule has 6 heteroatoms. The number of imidazole rings is 1. The standard InChI is InChI=1S/C32H30N6/c1-37(2)24-16-12-21(13-17-24)28-29(22-10-14-23(15-11-22)32(33)18-6-19-32)38-27-9-5-20-34-30(27)35-26-8-4-3-7-25(26)31(38)36-28/h3-5,7-17,20H,6,18-19,33H2,1-2H3,(H,34,35). The van der Waals surface area contributed by atoms with Gasteiger partial charge in [0.05, 0.1) is 22.8 Å². The van der Waals surface area contributed by atoms with Gasteiger partial charge >= 0.3 is 0 Å². The molecule has 0 saturated heterocycles. The molecule has 3 N–H and O–H groups in total. The molecule has 0 bridgehead atoms. The Labute approximate surface area is 222 Å². The molecular formula is C32H30N6. The number of anilines is 3. The molecule has 7 rings (SSSR count). The molecular weight excluding hydrogens is 468 g/mol. The summed E-state index contributed by atoms with van der Waals surface area (Å²) >= 11 is 0. The van der Waals surface area contributed by atoms with Crippen LogP contribution in [0.3, 0.4) is 0 Å². The van der Waals surface area contributed by atoms with E-state index in [1.807, 2.05) is 18.3 Å². The zero-order chi connectivity index (χ0) is 25.9. The topological polar surface area (TPSA) is 72.0 Å². The highest BCUT2D eigenvalue weighted by Crippen LogP contribution is 2.45. The van der Waals surface area contributed by atoms with E-state index in [1.54, 1.807) is 0 Å². The lowest BCUT2D eigenvalue weighted by Gasteiger charge is -2.38. The van der Waals surface area contributed by atoms with E-state index in [9.17, 15) is 0 Å². The van der Waals surface area contributed by atoms with E-state index in [-0.39, 0.29) is 5.54 Å². The van der Waals surface area contributed by atoms with Gasteiger partial charge in [0.15, 0.2) is 5.82 Å². The SMILES string of the molecule is CN(C)c1ccc(-c2nc3n(c2-c2ccc(C4(N)CCC4)cc2)-c2cccnc2Nc2ccccc2-3)cc1. The number of rotatable bonds is 4. The number of fused-ring (bicyclic) bond motifs is 5. The normalized spacial score (nSPS) is 14.8. The fourth-order valence-electron chi connectivity index (χ4n) is 5.62. The maximum Gasteiger partial charge on any atom is 0.154 e. The lowest BCUT2D eigenvalue weighted by molar-refractivity contribution is 0.253. The third-order valence-corrected chi connectivity index (χ3v) is 7.96. The number of hydrogen-bond donors (Lipinski definition) is 2. The monoisotopic (exact) mass is 498 g/mol. The molecule has 188 valence electrons. The molecule has 0 atom stereocenters. The molecule has 0 radical (unpaired) electrons. The Morgan fingerprint density at radius 1 is 0.868 bits per heavy atom. The van der Waals surface area contributed by atoms with Crippen molar-refractivity contribution in [2.45, 2.75) is 24.8 Å². The van der Waals surface area contributed by atoms with E-state index in [4.69, 9.17) is 15.7 Å². The van der Waals surface area contributed by atoms with Crippen molar-refractivity contribution in [3.8, 4) is 39.6 Å². The zero-order valence-electron chi connectivity index (χ0n) is 21.6. The van der Waals surface area contributed by atoms with E-state index < -0.39 is 0 Å². The van der Waals surface area contributed by atoms with E-state index in [2.05, 4.69) is 102 Å². The summed E-state index contributed by atoms with van der Waals surface area (Å²) in [6.45, 7) is 0. The average molecular weight is 499 g/mol. The van der Waals surface area contributed by atoms with E-state index in [0.29, 0.717) is 0 Å². The summed E-state index contributed by atoms with van der Waals surface area (Å²) < 4.78 is 2.26. The highest BCUT2D eigenvalue weighted by Gasteiger charge is 2.34. The smallest absolute Gasteiger partial charge is 0.154 e. The molecule has 1 aliphatic heterocycles. The molecule has 2 aliphatic rings. The van der Waals surface area contributed by atoms with Crippen LogP contribution in [0.2, 0.25) is 0 Å². The largest absolute Gasteiger partial charge is 0.378 e. The van der Waals surface area contributed by atoms with Crippen LogP contribution in [0.4, 0.5) is 17.2 Å². The first kappa shape index (κ1) is 22.8. The number of para-hydroxylation sites is 1. The first-order valence-corrected chi connectivity index (χ1v) is 13.1. The van der Waals surface area contributed by atoms with Crippen molar-refractivity contribution < 1.29 is 0 Å². The minimum Gasteiger partial charge on any atom is -0.378 e. The molecule has 3 heterocycles. The highest BCUT2D eigenvalue weighted by atomic mass is 15.2. The van der Waals surface area contributed by atoms with Crippen molar-refractivity contribution in [1.29, 1.82) is 0 Å². The molecule has 5 aromatic rings. The molecule has 6 nitrogen and oxygen atoms in total. The number of hydrogen-bond acceptors (Lipinski definition) is 5. The van der Waals surface area contributed by atoms with Crippen LogP contribution in [0.15, 0.2) is 91.1 Å². The van der Waals surface area contributed by atoms with Crippen molar-refractivity contribution in [3.05, 3.63) is 96.7 Å². The molecule has 1 saturated carbocycles. The van der Waals surface area contributed by atoms with Crippen molar-refractivity contribution in [3.63, 3.8) is 0 Å². The maximum absolute atomic E-state index is 6.66. The van der Waals surface area contributed by atoms with Crippen molar-refractivity contribution in [1.82, 2.24) is 14.5 Å². The summed E-state index contributed by atoms with van der Waals surface area (Å²) in [7, 11) is 4.11. The lowest BCUT2D eigenvalue weighted by Crippen LogP contribution is -2.43. The van der Waals surface area contributed by atoms with Crippen LogP contribution >= 0.6 is 0 Å². The Morgan fingerprint density at radius 3 is 2.32 bits per heavy atom. The number of pyridine rings is 1. The van der Waals surface area contributed by atoms with Crippen LogP contribution in [0.1, 0.15) is 24.8 Å². The minimum absolute atomic E-state index is 0.197. The highest BCUT2D eigenvalue weighted by molar-refractivity contribution is 5.91. The molecule has 3 aromatic carbocycles. The lowest BCUT2D eigenvalue weighted by atomic mass is 9.72. The minimum atomic E-state index is -0.197. The Bertz CT molecular complexity index is 1640. The Morgan fingerprint density at radius 2 is 1.61 bits per heavy atom. The number of benzene rings is 3. The van der Waals surface area contributed by atoms with Crippen LogP contribution in [0, 0.1) is 0 Å². The molecule has 38 heavy (non-hydrogen) atoms. The fourth-order valence-corrected chi connectivity index (χ4v) is 5.62. The molecule has 2 aromatic heterocycles. The maximum atomic E-state index is 6.66. The summed E-state index contributed by atoms with van der Waals surface area (Å²) in [5, 5.41) is 3.54.